The van der Waals surface area contributed by atoms with Crippen LogP contribution in [0.15, 0.2) is 32.0 Å². The fourth-order valence-electron chi connectivity index (χ4n) is 1.40. The van der Waals surface area contributed by atoms with Gasteiger partial charge in [-0.2, -0.15) is 13.2 Å². The summed E-state index contributed by atoms with van der Waals surface area (Å²) in [4.78, 5) is -0.115. The van der Waals surface area contributed by atoms with E-state index in [2.05, 4.69) is 31.9 Å². The Balaban J connectivity index is 2.96. The SMILES string of the molecule is CC(CC(F)(F)F)NS(=O)(=O)c1cc(Br)ccc1Br. The van der Waals surface area contributed by atoms with E-state index in [4.69, 9.17) is 0 Å². The molecule has 0 radical (unpaired) electrons. The monoisotopic (exact) mass is 423 g/mol. The molecule has 1 unspecified atom stereocenters. The minimum absolute atomic E-state index is 0.115. The van der Waals surface area contributed by atoms with Gasteiger partial charge in [0.1, 0.15) is 0 Å². The first-order valence-electron chi connectivity index (χ1n) is 5.05. The van der Waals surface area contributed by atoms with Gasteiger partial charge in [0, 0.05) is 15.0 Å². The number of halogens is 5. The summed E-state index contributed by atoms with van der Waals surface area (Å²) in [6, 6.07) is 3.18. The van der Waals surface area contributed by atoms with E-state index < -0.39 is 28.7 Å². The zero-order valence-electron chi connectivity index (χ0n) is 9.63. The van der Waals surface area contributed by atoms with Gasteiger partial charge in [0.05, 0.1) is 11.3 Å². The van der Waals surface area contributed by atoms with Gasteiger partial charge in [0.15, 0.2) is 0 Å². The number of hydrogen-bond acceptors (Lipinski definition) is 2. The van der Waals surface area contributed by atoms with E-state index in [-0.39, 0.29) is 9.37 Å². The highest BCUT2D eigenvalue weighted by atomic mass is 79.9. The third-order valence-electron chi connectivity index (χ3n) is 2.08. The Hall–Kier alpha value is -0.120. The van der Waals surface area contributed by atoms with Gasteiger partial charge in [-0.1, -0.05) is 15.9 Å². The number of alkyl halides is 3. The van der Waals surface area contributed by atoms with Crippen molar-refractivity contribution in [2.75, 3.05) is 0 Å². The van der Waals surface area contributed by atoms with Crippen molar-refractivity contribution in [2.45, 2.75) is 30.5 Å². The minimum Gasteiger partial charge on any atom is -0.208 e. The van der Waals surface area contributed by atoms with Gasteiger partial charge in [-0.15, -0.1) is 0 Å². The summed E-state index contributed by atoms with van der Waals surface area (Å²) in [5, 5.41) is 0. The maximum Gasteiger partial charge on any atom is 0.390 e. The smallest absolute Gasteiger partial charge is 0.208 e. The number of nitrogens with one attached hydrogen (secondary N) is 1. The lowest BCUT2D eigenvalue weighted by Crippen LogP contribution is -2.36. The van der Waals surface area contributed by atoms with E-state index in [0.717, 1.165) is 6.92 Å². The second kappa shape index (κ2) is 6.11. The van der Waals surface area contributed by atoms with Crippen LogP contribution in [-0.4, -0.2) is 20.6 Å². The number of hydrogen-bond donors (Lipinski definition) is 1. The number of benzene rings is 1. The normalized spacial score (nSPS) is 14.4. The highest BCUT2D eigenvalue weighted by Gasteiger charge is 2.32. The molecule has 0 saturated carbocycles. The van der Waals surface area contributed by atoms with Gasteiger partial charge < -0.3 is 0 Å². The molecular formula is C10H10Br2F3NO2S. The Labute approximate surface area is 125 Å². The fraction of sp³-hybridized carbons (Fsp3) is 0.400. The van der Waals surface area contributed by atoms with Gasteiger partial charge in [0.2, 0.25) is 10.0 Å². The summed E-state index contributed by atoms with van der Waals surface area (Å²) in [6.07, 6.45) is -5.64. The second-order valence-electron chi connectivity index (χ2n) is 3.92. The summed E-state index contributed by atoms with van der Waals surface area (Å²) < 4.78 is 63.3. The van der Waals surface area contributed by atoms with E-state index in [0.29, 0.717) is 4.47 Å². The van der Waals surface area contributed by atoms with Crippen molar-refractivity contribution < 1.29 is 21.6 Å². The lowest BCUT2D eigenvalue weighted by Gasteiger charge is -2.16. The number of sulfonamides is 1. The number of rotatable bonds is 4. The molecule has 0 aromatic heterocycles. The van der Waals surface area contributed by atoms with E-state index in [1.165, 1.54) is 12.1 Å². The second-order valence-corrected chi connectivity index (χ2v) is 7.37. The van der Waals surface area contributed by atoms with Crippen LogP contribution in [0.25, 0.3) is 0 Å². The first kappa shape index (κ1) is 16.9. The van der Waals surface area contributed by atoms with Crippen LogP contribution in [0.5, 0.6) is 0 Å². The first-order chi connectivity index (χ1) is 8.51. The van der Waals surface area contributed by atoms with Crippen LogP contribution in [0.2, 0.25) is 0 Å². The summed E-state index contributed by atoms with van der Waals surface area (Å²) in [5.41, 5.74) is 0. The molecule has 9 heteroatoms. The van der Waals surface area contributed by atoms with Crippen LogP contribution >= 0.6 is 31.9 Å². The minimum atomic E-state index is -4.42. The largest absolute Gasteiger partial charge is 0.390 e. The van der Waals surface area contributed by atoms with Crippen molar-refractivity contribution in [3.8, 4) is 0 Å². The van der Waals surface area contributed by atoms with Crippen LogP contribution in [0.4, 0.5) is 13.2 Å². The molecule has 0 spiro atoms. The Morgan fingerprint density at radius 1 is 1.32 bits per heavy atom. The molecule has 19 heavy (non-hydrogen) atoms. The first-order valence-corrected chi connectivity index (χ1v) is 8.12. The molecule has 0 amide bonds. The van der Waals surface area contributed by atoms with E-state index >= 15 is 0 Å². The van der Waals surface area contributed by atoms with Crippen molar-refractivity contribution in [3.63, 3.8) is 0 Å². The van der Waals surface area contributed by atoms with Crippen LogP contribution in [0, 0.1) is 0 Å². The molecule has 0 fully saturated rings. The fourth-order valence-corrected chi connectivity index (χ4v) is 4.15. The zero-order valence-corrected chi connectivity index (χ0v) is 13.6. The molecule has 0 aliphatic heterocycles. The summed E-state index contributed by atoms with van der Waals surface area (Å²) in [5.74, 6) is 0. The molecule has 1 N–H and O–H groups in total. The van der Waals surface area contributed by atoms with Crippen molar-refractivity contribution in [3.05, 3.63) is 27.1 Å². The van der Waals surface area contributed by atoms with Crippen molar-refractivity contribution in [1.29, 1.82) is 0 Å². The molecule has 0 bridgehead atoms. The summed E-state index contributed by atoms with van der Waals surface area (Å²) in [6.45, 7) is 1.16. The molecule has 1 aromatic rings. The van der Waals surface area contributed by atoms with Gasteiger partial charge in [-0.05, 0) is 41.1 Å². The van der Waals surface area contributed by atoms with E-state index in [9.17, 15) is 21.6 Å². The average Bonchev–Trinajstić information content (AvgIpc) is 2.17. The van der Waals surface area contributed by atoms with Gasteiger partial charge in [0.25, 0.3) is 0 Å². The van der Waals surface area contributed by atoms with Crippen molar-refractivity contribution >= 4 is 41.9 Å². The highest BCUT2D eigenvalue weighted by molar-refractivity contribution is 9.11. The highest BCUT2D eigenvalue weighted by Crippen LogP contribution is 2.27. The Morgan fingerprint density at radius 2 is 1.89 bits per heavy atom. The van der Waals surface area contributed by atoms with Crippen molar-refractivity contribution in [1.82, 2.24) is 4.72 Å². The summed E-state index contributed by atoms with van der Waals surface area (Å²) >= 11 is 6.17. The standard InChI is InChI=1S/C10H10Br2F3NO2S/c1-6(5-10(13,14)15)16-19(17,18)9-4-7(11)2-3-8(9)12/h2-4,6,16H,5H2,1H3. The quantitative estimate of drug-likeness (QED) is 0.798. The topological polar surface area (TPSA) is 46.2 Å². The third kappa shape index (κ3) is 5.41. The molecule has 3 nitrogen and oxygen atoms in total. The molecule has 108 valence electrons. The van der Waals surface area contributed by atoms with Gasteiger partial charge in [-0.3, -0.25) is 0 Å². The van der Waals surface area contributed by atoms with E-state index in [1.54, 1.807) is 6.07 Å². The van der Waals surface area contributed by atoms with E-state index in [1.807, 2.05) is 4.72 Å². The van der Waals surface area contributed by atoms with Crippen LogP contribution in [-0.2, 0) is 10.0 Å². The van der Waals surface area contributed by atoms with Gasteiger partial charge >= 0.3 is 6.18 Å². The average molecular weight is 425 g/mol. The van der Waals surface area contributed by atoms with Gasteiger partial charge in [-0.25, -0.2) is 13.1 Å². The maximum atomic E-state index is 12.2. The molecule has 1 rings (SSSR count). The Morgan fingerprint density at radius 3 is 2.42 bits per heavy atom. The lowest BCUT2D eigenvalue weighted by atomic mass is 10.2. The lowest BCUT2D eigenvalue weighted by molar-refractivity contribution is -0.137. The van der Waals surface area contributed by atoms with Crippen molar-refractivity contribution in [2.24, 2.45) is 0 Å². The Bertz CT molecular complexity index is 560. The molecule has 1 aromatic carbocycles. The molecule has 1 atom stereocenters. The molecule has 0 aliphatic carbocycles. The third-order valence-corrected chi connectivity index (χ3v) is 5.15. The summed E-state index contributed by atoms with van der Waals surface area (Å²) in [7, 11) is -4.01. The van der Waals surface area contributed by atoms with Crippen LogP contribution in [0.3, 0.4) is 0 Å². The maximum absolute atomic E-state index is 12.2. The molecule has 0 heterocycles. The predicted molar refractivity (Wildman–Crippen MR) is 72.3 cm³/mol. The Kier molecular flexibility index (Phi) is 5.44. The molecule has 0 saturated heterocycles. The predicted octanol–water partition coefficient (Wildman–Crippen LogP) is 3.83. The molecule has 0 aliphatic rings. The molecular weight excluding hydrogens is 415 g/mol. The van der Waals surface area contributed by atoms with Crippen LogP contribution < -0.4 is 4.72 Å². The van der Waals surface area contributed by atoms with Crippen LogP contribution in [0.1, 0.15) is 13.3 Å². The zero-order chi connectivity index (χ0) is 14.8.